The van der Waals surface area contributed by atoms with E-state index in [9.17, 15) is 4.79 Å². The van der Waals surface area contributed by atoms with Crippen LogP contribution >= 0.6 is 0 Å². The van der Waals surface area contributed by atoms with Gasteiger partial charge < -0.3 is 10.2 Å². The molecule has 0 aromatic carbocycles. The Morgan fingerprint density at radius 1 is 1.47 bits per heavy atom. The summed E-state index contributed by atoms with van der Waals surface area (Å²) >= 11 is 0. The highest BCUT2D eigenvalue weighted by molar-refractivity contribution is 5.76. The van der Waals surface area contributed by atoms with Crippen molar-refractivity contribution in [1.29, 1.82) is 0 Å². The third-order valence-electron chi connectivity index (χ3n) is 3.51. The number of hydrogen-bond acceptors (Lipinski definition) is 5. The van der Waals surface area contributed by atoms with Crippen LogP contribution in [0.1, 0.15) is 19.8 Å². The number of carbonyl (C=O) groups excluding carboxylic acids is 1. The van der Waals surface area contributed by atoms with Crippen LogP contribution in [0.4, 0.5) is 0 Å². The molecule has 0 unspecified atom stereocenters. The average Bonchev–Trinajstić information content (AvgIpc) is 2.83. The molecule has 1 aromatic heterocycles. The van der Waals surface area contributed by atoms with Gasteiger partial charge in [-0.25, -0.2) is 4.68 Å². The smallest absolute Gasteiger partial charge is 0.244 e. The standard InChI is InChI=1S/C10H18N6O/c1-10(11-2)3-5-15(6-4-10)9(17)7-16-8-12-13-14-16/h8,11H,3-7H2,1-2H3. The number of likely N-dealkylation sites (tertiary alicyclic amines) is 1. The van der Waals surface area contributed by atoms with Crippen LogP contribution in [-0.4, -0.2) is 56.7 Å². The molecule has 0 spiro atoms. The van der Waals surface area contributed by atoms with E-state index in [-0.39, 0.29) is 18.0 Å². The van der Waals surface area contributed by atoms with Gasteiger partial charge in [0.05, 0.1) is 0 Å². The van der Waals surface area contributed by atoms with Gasteiger partial charge in [0.1, 0.15) is 12.9 Å². The summed E-state index contributed by atoms with van der Waals surface area (Å²) in [6.07, 6.45) is 3.41. The Balaban J connectivity index is 1.86. The van der Waals surface area contributed by atoms with Crippen LogP contribution in [0.3, 0.4) is 0 Å². The Kier molecular flexibility index (Phi) is 3.37. The number of piperidine rings is 1. The molecule has 1 aliphatic rings. The van der Waals surface area contributed by atoms with Gasteiger partial charge in [0.15, 0.2) is 0 Å². The minimum Gasteiger partial charge on any atom is -0.341 e. The molecule has 1 aromatic rings. The fourth-order valence-corrected chi connectivity index (χ4v) is 1.99. The highest BCUT2D eigenvalue weighted by Crippen LogP contribution is 2.21. The molecule has 17 heavy (non-hydrogen) atoms. The molecule has 7 nitrogen and oxygen atoms in total. The number of hydrogen-bond donors (Lipinski definition) is 1. The number of tetrazole rings is 1. The summed E-state index contributed by atoms with van der Waals surface area (Å²) < 4.78 is 1.45. The van der Waals surface area contributed by atoms with Crippen molar-refractivity contribution >= 4 is 5.91 Å². The van der Waals surface area contributed by atoms with Crippen LogP contribution in [-0.2, 0) is 11.3 Å². The molecular weight excluding hydrogens is 220 g/mol. The first-order chi connectivity index (χ1) is 8.13. The maximum absolute atomic E-state index is 12.0. The van der Waals surface area contributed by atoms with Gasteiger partial charge in [-0.2, -0.15) is 0 Å². The number of nitrogens with one attached hydrogen (secondary N) is 1. The van der Waals surface area contributed by atoms with Gasteiger partial charge in [0, 0.05) is 18.6 Å². The molecule has 2 rings (SSSR count). The maximum atomic E-state index is 12.0. The third kappa shape index (κ3) is 2.79. The number of rotatable bonds is 3. The van der Waals surface area contributed by atoms with Gasteiger partial charge in [-0.1, -0.05) is 0 Å². The first-order valence-corrected chi connectivity index (χ1v) is 5.80. The largest absolute Gasteiger partial charge is 0.341 e. The SMILES string of the molecule is CNC1(C)CCN(C(=O)Cn2cnnn2)CC1. The molecular formula is C10H18N6O. The van der Waals surface area contributed by atoms with Crippen LogP contribution in [0.5, 0.6) is 0 Å². The van der Waals surface area contributed by atoms with E-state index < -0.39 is 0 Å². The fourth-order valence-electron chi connectivity index (χ4n) is 1.99. The summed E-state index contributed by atoms with van der Waals surface area (Å²) in [5, 5.41) is 14.0. The number of amides is 1. The molecule has 0 atom stereocenters. The van der Waals surface area contributed by atoms with Gasteiger partial charge in [-0.05, 0) is 37.2 Å². The Hall–Kier alpha value is -1.50. The topological polar surface area (TPSA) is 75.9 Å². The first-order valence-electron chi connectivity index (χ1n) is 5.80. The second-order valence-electron chi connectivity index (χ2n) is 4.70. The van der Waals surface area contributed by atoms with Crippen LogP contribution in [0.2, 0.25) is 0 Å². The van der Waals surface area contributed by atoms with E-state index in [4.69, 9.17) is 0 Å². The minimum atomic E-state index is 0.0791. The summed E-state index contributed by atoms with van der Waals surface area (Å²) in [6, 6.07) is 0. The zero-order chi connectivity index (χ0) is 12.3. The molecule has 2 heterocycles. The monoisotopic (exact) mass is 238 g/mol. The quantitative estimate of drug-likeness (QED) is 0.751. The molecule has 1 aliphatic heterocycles. The third-order valence-corrected chi connectivity index (χ3v) is 3.51. The Labute approximate surface area is 100 Å². The highest BCUT2D eigenvalue weighted by Gasteiger charge is 2.30. The van der Waals surface area contributed by atoms with E-state index in [0.29, 0.717) is 0 Å². The molecule has 0 saturated carbocycles. The van der Waals surface area contributed by atoms with Crippen molar-refractivity contribution < 1.29 is 4.79 Å². The van der Waals surface area contributed by atoms with Crippen molar-refractivity contribution in [3.05, 3.63) is 6.33 Å². The summed E-state index contributed by atoms with van der Waals surface area (Å²) in [6.45, 7) is 4.00. The van der Waals surface area contributed by atoms with E-state index in [1.54, 1.807) is 0 Å². The number of nitrogens with zero attached hydrogens (tertiary/aromatic N) is 5. The van der Waals surface area contributed by atoms with Gasteiger partial charge in [0.2, 0.25) is 5.91 Å². The molecule has 1 saturated heterocycles. The second-order valence-corrected chi connectivity index (χ2v) is 4.70. The van der Waals surface area contributed by atoms with Crippen molar-refractivity contribution in [2.75, 3.05) is 20.1 Å². The molecule has 0 aliphatic carbocycles. The van der Waals surface area contributed by atoms with E-state index in [2.05, 4.69) is 27.8 Å². The molecule has 0 radical (unpaired) electrons. The molecule has 94 valence electrons. The normalized spacial score (nSPS) is 19.3. The van der Waals surface area contributed by atoms with Crippen LogP contribution in [0, 0.1) is 0 Å². The molecule has 1 fully saturated rings. The molecule has 1 amide bonds. The second kappa shape index (κ2) is 4.79. The lowest BCUT2D eigenvalue weighted by Gasteiger charge is -2.39. The van der Waals surface area contributed by atoms with Gasteiger partial charge in [-0.15, -0.1) is 5.10 Å². The Bertz CT molecular complexity index is 368. The predicted molar refractivity (Wildman–Crippen MR) is 61.1 cm³/mol. The highest BCUT2D eigenvalue weighted by atomic mass is 16.2. The minimum absolute atomic E-state index is 0.0791. The Morgan fingerprint density at radius 2 is 2.18 bits per heavy atom. The van der Waals surface area contributed by atoms with Crippen molar-refractivity contribution in [2.45, 2.75) is 31.8 Å². The molecule has 7 heteroatoms. The lowest BCUT2D eigenvalue weighted by atomic mass is 9.90. The van der Waals surface area contributed by atoms with Crippen molar-refractivity contribution in [2.24, 2.45) is 0 Å². The van der Waals surface area contributed by atoms with E-state index in [1.165, 1.54) is 11.0 Å². The molecule has 0 bridgehead atoms. The van der Waals surface area contributed by atoms with Gasteiger partial charge >= 0.3 is 0 Å². The average molecular weight is 238 g/mol. The lowest BCUT2D eigenvalue weighted by Crippen LogP contribution is -2.51. The van der Waals surface area contributed by atoms with Crippen LogP contribution < -0.4 is 5.32 Å². The zero-order valence-corrected chi connectivity index (χ0v) is 10.3. The van der Waals surface area contributed by atoms with Crippen molar-refractivity contribution in [3.63, 3.8) is 0 Å². The van der Waals surface area contributed by atoms with E-state index in [1.807, 2.05) is 11.9 Å². The maximum Gasteiger partial charge on any atom is 0.244 e. The fraction of sp³-hybridized carbons (Fsp3) is 0.800. The predicted octanol–water partition coefficient (Wildman–Crippen LogP) is -0.726. The van der Waals surface area contributed by atoms with Crippen molar-refractivity contribution in [3.8, 4) is 0 Å². The van der Waals surface area contributed by atoms with E-state index in [0.717, 1.165) is 25.9 Å². The summed E-state index contributed by atoms with van der Waals surface area (Å²) in [5.74, 6) is 0.0791. The van der Waals surface area contributed by atoms with Gasteiger partial charge in [-0.3, -0.25) is 4.79 Å². The van der Waals surface area contributed by atoms with Gasteiger partial charge in [0.25, 0.3) is 0 Å². The first kappa shape index (κ1) is 12.0. The molecule has 1 N–H and O–H groups in total. The van der Waals surface area contributed by atoms with Crippen LogP contribution in [0.15, 0.2) is 6.33 Å². The van der Waals surface area contributed by atoms with E-state index >= 15 is 0 Å². The van der Waals surface area contributed by atoms with Crippen molar-refractivity contribution in [1.82, 2.24) is 30.4 Å². The summed E-state index contributed by atoms with van der Waals surface area (Å²) in [5.41, 5.74) is 0.158. The lowest BCUT2D eigenvalue weighted by molar-refractivity contribution is -0.133. The summed E-state index contributed by atoms with van der Waals surface area (Å²) in [7, 11) is 1.97. The summed E-state index contributed by atoms with van der Waals surface area (Å²) in [4.78, 5) is 13.8. The van der Waals surface area contributed by atoms with Crippen LogP contribution in [0.25, 0.3) is 0 Å². The Morgan fingerprint density at radius 3 is 2.71 bits per heavy atom. The number of carbonyl (C=O) groups is 1. The zero-order valence-electron chi connectivity index (χ0n) is 10.3. The number of aromatic nitrogens is 4.